The Bertz CT molecular complexity index is 1110. The third-order valence-electron chi connectivity index (χ3n) is 6.79. The third-order valence-corrected chi connectivity index (χ3v) is 6.79. The smallest absolute Gasteiger partial charge is 0.401 e. The molecule has 1 aromatic heterocycles. The maximum atomic E-state index is 13.4. The molecule has 0 saturated carbocycles. The number of benzene rings is 2. The van der Waals surface area contributed by atoms with Crippen LogP contribution in [0, 0.1) is 5.92 Å². The molecule has 9 heteroatoms. The summed E-state index contributed by atoms with van der Waals surface area (Å²) in [4.78, 5) is 3.64. The van der Waals surface area contributed by atoms with Gasteiger partial charge in [-0.1, -0.05) is 24.3 Å². The monoisotopic (exact) mass is 488 g/mol. The summed E-state index contributed by atoms with van der Waals surface area (Å²) in [5.74, 6) is 0.812. The Hall–Kier alpha value is -2.91. The molecule has 2 aliphatic heterocycles. The molecule has 0 bridgehead atoms. The summed E-state index contributed by atoms with van der Waals surface area (Å²) in [5, 5.41) is 6.93. The van der Waals surface area contributed by atoms with E-state index in [2.05, 4.69) is 15.1 Å². The Morgan fingerprint density at radius 1 is 1.06 bits per heavy atom. The highest BCUT2D eigenvalue weighted by atomic mass is 19.4. The van der Waals surface area contributed by atoms with E-state index in [4.69, 9.17) is 4.74 Å². The second-order valence-electron chi connectivity index (χ2n) is 9.32. The minimum atomic E-state index is -4.29. The van der Waals surface area contributed by atoms with Gasteiger partial charge in [-0.2, -0.15) is 18.3 Å². The van der Waals surface area contributed by atoms with E-state index in [1.807, 2.05) is 48.5 Å². The lowest BCUT2D eigenvalue weighted by molar-refractivity contribution is -0.150. The fraction of sp³-hybridized carbons (Fsp3) is 0.423. The molecule has 0 amide bonds. The zero-order valence-electron chi connectivity index (χ0n) is 19.3. The van der Waals surface area contributed by atoms with Crippen molar-refractivity contribution in [2.24, 2.45) is 5.92 Å². The number of nitrogens with zero attached hydrogens (tertiary/aromatic N) is 3. The van der Waals surface area contributed by atoms with Crippen LogP contribution in [-0.2, 0) is 6.42 Å². The van der Waals surface area contributed by atoms with E-state index < -0.39 is 18.8 Å². The van der Waals surface area contributed by atoms with Crippen LogP contribution < -0.4 is 4.74 Å². The molecule has 1 N–H and O–H groups in total. The van der Waals surface area contributed by atoms with Crippen LogP contribution in [-0.4, -0.2) is 72.2 Å². The van der Waals surface area contributed by atoms with E-state index in [-0.39, 0.29) is 12.6 Å². The summed E-state index contributed by atoms with van der Waals surface area (Å²) in [6.45, 7) is 1.81. The Labute approximate surface area is 201 Å². The van der Waals surface area contributed by atoms with Gasteiger partial charge in [0.05, 0.1) is 25.0 Å². The van der Waals surface area contributed by atoms with Crippen molar-refractivity contribution in [2.75, 3.05) is 46.0 Å². The normalized spacial score (nSPS) is 19.4. The first-order valence-corrected chi connectivity index (χ1v) is 11.8. The van der Waals surface area contributed by atoms with Gasteiger partial charge >= 0.3 is 6.18 Å². The highest BCUT2D eigenvalue weighted by Gasteiger charge is 2.37. The first-order chi connectivity index (χ1) is 16.9. The predicted molar refractivity (Wildman–Crippen MR) is 125 cm³/mol. The fourth-order valence-electron chi connectivity index (χ4n) is 5.05. The summed E-state index contributed by atoms with van der Waals surface area (Å²) < 4.78 is 58.6. The number of nitrogens with one attached hydrogen (secondary N) is 1. The predicted octanol–water partition coefficient (Wildman–Crippen LogP) is 4.87. The summed E-state index contributed by atoms with van der Waals surface area (Å²) in [5.41, 5.74) is 4.57. The van der Waals surface area contributed by atoms with Gasteiger partial charge in [-0.25, -0.2) is 0 Å². The second kappa shape index (κ2) is 9.99. The van der Waals surface area contributed by atoms with E-state index >= 15 is 0 Å². The average Bonchev–Trinajstić information content (AvgIpc) is 3.35. The lowest BCUT2D eigenvalue weighted by Gasteiger charge is -2.38. The van der Waals surface area contributed by atoms with Gasteiger partial charge in [0.1, 0.15) is 12.4 Å². The molecule has 1 fully saturated rings. The van der Waals surface area contributed by atoms with E-state index in [0.717, 1.165) is 47.6 Å². The molecule has 5 rings (SSSR count). The SMILES string of the molecule is FCC1CN(CCOc2ccc([C@H]3c4ccc(-c5ccn[nH]5)cc4CCN3CC(F)(F)F)cc2)C1. The zero-order valence-corrected chi connectivity index (χ0v) is 19.3. The molecule has 0 unspecified atom stereocenters. The third kappa shape index (κ3) is 5.51. The quantitative estimate of drug-likeness (QED) is 0.460. The zero-order chi connectivity index (χ0) is 24.4. The van der Waals surface area contributed by atoms with Crippen molar-refractivity contribution in [3.8, 4) is 17.0 Å². The van der Waals surface area contributed by atoms with Crippen molar-refractivity contribution in [2.45, 2.75) is 18.6 Å². The lowest BCUT2D eigenvalue weighted by atomic mass is 9.86. The van der Waals surface area contributed by atoms with Gasteiger partial charge in [-0.3, -0.25) is 19.3 Å². The molecule has 5 nitrogen and oxygen atoms in total. The summed E-state index contributed by atoms with van der Waals surface area (Å²) in [6.07, 6.45) is -2.06. The van der Waals surface area contributed by atoms with Crippen LogP contribution in [0.15, 0.2) is 54.7 Å². The Kier molecular flexibility index (Phi) is 6.80. The highest BCUT2D eigenvalue weighted by Crippen LogP contribution is 2.38. The average molecular weight is 489 g/mol. The van der Waals surface area contributed by atoms with Crippen molar-refractivity contribution in [3.05, 3.63) is 71.4 Å². The second-order valence-corrected chi connectivity index (χ2v) is 9.32. The van der Waals surface area contributed by atoms with E-state index in [1.54, 1.807) is 6.20 Å². The maximum absolute atomic E-state index is 13.4. The van der Waals surface area contributed by atoms with Crippen LogP contribution in [0.1, 0.15) is 22.7 Å². The number of aromatic amines is 1. The van der Waals surface area contributed by atoms with E-state index in [9.17, 15) is 17.6 Å². The standard InChI is InChI=1S/C26H28F4N4O/c27-14-18-15-33(16-18)11-12-35-22-4-1-19(2-5-22)25-23-6-3-21(24-7-9-31-32-24)13-20(23)8-10-34(25)17-26(28,29)30/h1-7,9,13,18,25H,8,10-12,14-17H2,(H,31,32)/t25-/m0/s1. The van der Waals surface area contributed by atoms with Crippen LogP contribution in [0.2, 0.25) is 0 Å². The number of halogens is 4. The number of hydrogen-bond acceptors (Lipinski definition) is 4. The summed E-state index contributed by atoms with van der Waals surface area (Å²) >= 11 is 0. The Balaban J connectivity index is 1.33. The summed E-state index contributed by atoms with van der Waals surface area (Å²) in [6, 6.07) is 14.6. The maximum Gasteiger partial charge on any atom is 0.401 e. The van der Waals surface area contributed by atoms with Gasteiger partial charge < -0.3 is 4.74 Å². The highest BCUT2D eigenvalue weighted by molar-refractivity contribution is 5.61. The minimum Gasteiger partial charge on any atom is -0.492 e. The molecule has 35 heavy (non-hydrogen) atoms. The van der Waals surface area contributed by atoms with Gasteiger partial charge in [0.15, 0.2) is 0 Å². The molecular weight excluding hydrogens is 460 g/mol. The van der Waals surface area contributed by atoms with Gasteiger partial charge in [0.2, 0.25) is 0 Å². The molecular formula is C26H28F4N4O. The number of aromatic nitrogens is 2. The number of fused-ring (bicyclic) bond motifs is 1. The van der Waals surface area contributed by atoms with Crippen molar-refractivity contribution < 1.29 is 22.3 Å². The Morgan fingerprint density at radius 3 is 2.54 bits per heavy atom. The number of alkyl halides is 4. The molecule has 0 radical (unpaired) electrons. The van der Waals surface area contributed by atoms with Gasteiger partial charge in [0.25, 0.3) is 0 Å². The van der Waals surface area contributed by atoms with Gasteiger partial charge in [-0.05, 0) is 52.9 Å². The largest absolute Gasteiger partial charge is 0.492 e. The van der Waals surface area contributed by atoms with Crippen LogP contribution in [0.25, 0.3) is 11.3 Å². The molecule has 186 valence electrons. The molecule has 1 saturated heterocycles. The molecule has 3 aromatic rings. The summed E-state index contributed by atoms with van der Waals surface area (Å²) in [7, 11) is 0. The number of likely N-dealkylation sites (tertiary alicyclic amines) is 1. The molecule has 3 heterocycles. The molecule has 0 aliphatic carbocycles. The molecule has 0 spiro atoms. The van der Waals surface area contributed by atoms with Crippen molar-refractivity contribution in [1.29, 1.82) is 0 Å². The molecule has 1 atom stereocenters. The number of rotatable bonds is 8. The first-order valence-electron chi connectivity index (χ1n) is 11.8. The molecule has 2 aromatic carbocycles. The topological polar surface area (TPSA) is 44.4 Å². The van der Waals surface area contributed by atoms with Crippen LogP contribution in [0.3, 0.4) is 0 Å². The first kappa shape index (κ1) is 23.8. The minimum absolute atomic E-state index is 0.142. The van der Waals surface area contributed by atoms with E-state index in [0.29, 0.717) is 25.3 Å². The van der Waals surface area contributed by atoms with Crippen LogP contribution in [0.5, 0.6) is 5.75 Å². The number of hydrogen-bond donors (Lipinski definition) is 1. The van der Waals surface area contributed by atoms with Gasteiger partial charge in [-0.15, -0.1) is 0 Å². The number of ether oxygens (including phenoxy) is 1. The van der Waals surface area contributed by atoms with Crippen LogP contribution >= 0.6 is 0 Å². The van der Waals surface area contributed by atoms with Gasteiger partial charge in [0, 0.05) is 38.3 Å². The Morgan fingerprint density at radius 2 is 1.86 bits per heavy atom. The van der Waals surface area contributed by atoms with Crippen molar-refractivity contribution >= 4 is 0 Å². The molecule has 2 aliphatic rings. The van der Waals surface area contributed by atoms with E-state index in [1.165, 1.54) is 4.90 Å². The van der Waals surface area contributed by atoms with Crippen molar-refractivity contribution in [1.82, 2.24) is 20.0 Å². The fourth-order valence-corrected chi connectivity index (χ4v) is 5.05. The lowest BCUT2D eigenvalue weighted by Crippen LogP contribution is -2.49. The van der Waals surface area contributed by atoms with Crippen LogP contribution in [0.4, 0.5) is 17.6 Å². The number of H-pyrrole nitrogens is 1. The van der Waals surface area contributed by atoms with Crippen molar-refractivity contribution in [3.63, 3.8) is 0 Å².